The highest BCUT2D eigenvalue weighted by atomic mass is 35.5. The van der Waals surface area contributed by atoms with E-state index in [1.165, 1.54) is 0 Å². The number of nitrogens with two attached hydrogens (primary N) is 1. The van der Waals surface area contributed by atoms with Crippen molar-refractivity contribution in [3.05, 3.63) is 65.7 Å². The third-order valence-corrected chi connectivity index (χ3v) is 4.60. The molecule has 2 aromatic carbocycles. The van der Waals surface area contributed by atoms with Crippen molar-refractivity contribution < 1.29 is 9.59 Å². The van der Waals surface area contributed by atoms with Gasteiger partial charge in [-0.3, -0.25) is 9.59 Å². The second-order valence-corrected chi connectivity index (χ2v) is 6.24. The number of aryl methyl sites for hydroxylation is 1. The van der Waals surface area contributed by atoms with Crippen LogP contribution in [0.15, 0.2) is 54.6 Å². The third kappa shape index (κ3) is 4.76. The Bertz CT molecular complexity index is 744. The van der Waals surface area contributed by atoms with E-state index in [1.54, 1.807) is 0 Å². The number of amides is 2. The zero-order valence-corrected chi connectivity index (χ0v) is 15.5. The Morgan fingerprint density at radius 3 is 2.08 bits per heavy atom. The second kappa shape index (κ2) is 9.25. The summed E-state index contributed by atoms with van der Waals surface area (Å²) in [4.78, 5) is 28.5. The third-order valence-electron chi connectivity index (χ3n) is 4.60. The SMILES string of the molecule is Cl.Nc1ccccc1CCC(=O)N1CCN(C(=O)c2ccccc2)CC1. The van der Waals surface area contributed by atoms with E-state index in [1.807, 2.05) is 64.4 Å². The predicted octanol–water partition coefficient (Wildman–Crippen LogP) is 2.61. The highest BCUT2D eigenvalue weighted by Gasteiger charge is 2.24. The van der Waals surface area contributed by atoms with E-state index in [2.05, 4.69) is 0 Å². The van der Waals surface area contributed by atoms with Crippen LogP contribution >= 0.6 is 12.4 Å². The summed E-state index contributed by atoms with van der Waals surface area (Å²) in [5.74, 6) is 0.153. The minimum absolute atomic E-state index is 0. The summed E-state index contributed by atoms with van der Waals surface area (Å²) in [6.45, 7) is 2.32. The Morgan fingerprint density at radius 2 is 1.42 bits per heavy atom. The summed E-state index contributed by atoms with van der Waals surface area (Å²) in [5.41, 5.74) is 8.36. The van der Waals surface area contributed by atoms with Crippen LogP contribution in [0.4, 0.5) is 5.69 Å². The fourth-order valence-corrected chi connectivity index (χ4v) is 3.08. The molecule has 0 aromatic heterocycles. The van der Waals surface area contributed by atoms with Crippen molar-refractivity contribution in [2.45, 2.75) is 12.8 Å². The highest BCUT2D eigenvalue weighted by Crippen LogP contribution is 2.14. The van der Waals surface area contributed by atoms with E-state index >= 15 is 0 Å². The maximum Gasteiger partial charge on any atom is 0.253 e. The molecule has 0 spiro atoms. The molecule has 6 heteroatoms. The Hall–Kier alpha value is -2.53. The van der Waals surface area contributed by atoms with E-state index in [9.17, 15) is 9.59 Å². The van der Waals surface area contributed by atoms with Crippen LogP contribution in [0.25, 0.3) is 0 Å². The molecule has 138 valence electrons. The first-order valence-electron chi connectivity index (χ1n) is 8.60. The minimum Gasteiger partial charge on any atom is -0.399 e. The lowest BCUT2D eigenvalue weighted by atomic mass is 10.1. The number of para-hydroxylation sites is 1. The van der Waals surface area contributed by atoms with Crippen LogP contribution in [0.3, 0.4) is 0 Å². The van der Waals surface area contributed by atoms with Gasteiger partial charge in [0.15, 0.2) is 0 Å². The number of halogens is 1. The van der Waals surface area contributed by atoms with E-state index in [0.29, 0.717) is 44.6 Å². The lowest BCUT2D eigenvalue weighted by Gasteiger charge is -2.35. The van der Waals surface area contributed by atoms with E-state index < -0.39 is 0 Å². The fourth-order valence-electron chi connectivity index (χ4n) is 3.08. The van der Waals surface area contributed by atoms with Crippen molar-refractivity contribution in [2.24, 2.45) is 0 Å². The van der Waals surface area contributed by atoms with Crippen LogP contribution in [0, 0.1) is 0 Å². The zero-order chi connectivity index (χ0) is 17.6. The molecule has 2 amide bonds. The van der Waals surface area contributed by atoms with Crippen LogP contribution < -0.4 is 5.73 Å². The lowest BCUT2D eigenvalue weighted by Crippen LogP contribution is -2.50. The maximum absolute atomic E-state index is 12.4. The van der Waals surface area contributed by atoms with Crippen LogP contribution in [-0.4, -0.2) is 47.8 Å². The topological polar surface area (TPSA) is 66.6 Å². The molecule has 0 saturated carbocycles. The Morgan fingerprint density at radius 1 is 0.846 bits per heavy atom. The summed E-state index contributed by atoms with van der Waals surface area (Å²) in [6.07, 6.45) is 1.09. The summed E-state index contributed by atoms with van der Waals surface area (Å²) in [6, 6.07) is 16.9. The molecular formula is C20H24ClN3O2. The van der Waals surface area contributed by atoms with Crippen LogP contribution in [0.2, 0.25) is 0 Å². The summed E-state index contributed by atoms with van der Waals surface area (Å²) in [5, 5.41) is 0. The van der Waals surface area contributed by atoms with Crippen LogP contribution in [0.5, 0.6) is 0 Å². The summed E-state index contributed by atoms with van der Waals surface area (Å²) in [7, 11) is 0. The minimum atomic E-state index is 0. The number of rotatable bonds is 4. The van der Waals surface area contributed by atoms with Gasteiger partial charge in [-0.2, -0.15) is 0 Å². The van der Waals surface area contributed by atoms with Crippen molar-refractivity contribution in [1.29, 1.82) is 0 Å². The summed E-state index contributed by atoms with van der Waals surface area (Å²) >= 11 is 0. The van der Waals surface area contributed by atoms with Gasteiger partial charge in [-0.1, -0.05) is 36.4 Å². The van der Waals surface area contributed by atoms with Gasteiger partial charge in [-0.15, -0.1) is 12.4 Å². The average molecular weight is 374 g/mol. The number of nitrogen functional groups attached to an aromatic ring is 1. The lowest BCUT2D eigenvalue weighted by molar-refractivity contribution is -0.132. The van der Waals surface area contributed by atoms with Crippen LogP contribution in [0.1, 0.15) is 22.3 Å². The van der Waals surface area contributed by atoms with Crippen molar-refractivity contribution >= 4 is 29.9 Å². The van der Waals surface area contributed by atoms with Gasteiger partial charge in [0.2, 0.25) is 5.91 Å². The molecule has 1 heterocycles. The zero-order valence-electron chi connectivity index (χ0n) is 14.6. The van der Waals surface area contributed by atoms with Gasteiger partial charge in [0, 0.05) is 43.9 Å². The first-order valence-corrected chi connectivity index (χ1v) is 8.60. The Balaban J connectivity index is 0.00000243. The molecule has 0 aliphatic carbocycles. The van der Waals surface area contributed by atoms with Gasteiger partial charge >= 0.3 is 0 Å². The number of benzene rings is 2. The van der Waals surface area contributed by atoms with E-state index in [0.717, 1.165) is 11.3 Å². The maximum atomic E-state index is 12.4. The summed E-state index contributed by atoms with van der Waals surface area (Å²) < 4.78 is 0. The Labute approximate surface area is 160 Å². The van der Waals surface area contributed by atoms with Crippen molar-refractivity contribution in [2.75, 3.05) is 31.9 Å². The van der Waals surface area contributed by atoms with Gasteiger partial charge in [-0.05, 0) is 30.2 Å². The number of piperazine rings is 1. The largest absolute Gasteiger partial charge is 0.399 e. The second-order valence-electron chi connectivity index (χ2n) is 6.24. The normalized spacial score (nSPS) is 13.8. The number of carbonyl (C=O) groups excluding carboxylic acids is 2. The monoisotopic (exact) mass is 373 g/mol. The first kappa shape index (κ1) is 19.8. The Kier molecular flexibility index (Phi) is 7.04. The number of anilines is 1. The number of nitrogens with zero attached hydrogens (tertiary/aromatic N) is 2. The van der Waals surface area contributed by atoms with Gasteiger partial charge in [0.25, 0.3) is 5.91 Å². The molecule has 5 nitrogen and oxygen atoms in total. The average Bonchev–Trinajstić information content (AvgIpc) is 2.67. The molecule has 1 saturated heterocycles. The molecule has 0 bridgehead atoms. The first-order chi connectivity index (χ1) is 12.1. The number of carbonyl (C=O) groups is 2. The molecule has 1 aliphatic heterocycles. The molecule has 2 N–H and O–H groups in total. The standard InChI is InChI=1S/C20H23N3O2.ClH/c21-18-9-5-4-6-16(18)10-11-19(24)22-12-14-23(15-13-22)20(25)17-7-2-1-3-8-17;/h1-9H,10-15,21H2;1H. The molecular weight excluding hydrogens is 350 g/mol. The molecule has 2 aromatic rings. The molecule has 0 radical (unpaired) electrons. The molecule has 1 aliphatic rings. The number of hydrogen-bond donors (Lipinski definition) is 1. The number of hydrogen-bond acceptors (Lipinski definition) is 3. The van der Waals surface area contributed by atoms with Crippen LogP contribution in [-0.2, 0) is 11.2 Å². The molecule has 1 fully saturated rings. The smallest absolute Gasteiger partial charge is 0.253 e. The van der Waals surface area contributed by atoms with Crippen molar-refractivity contribution in [1.82, 2.24) is 9.80 Å². The molecule has 0 unspecified atom stereocenters. The van der Waals surface area contributed by atoms with Crippen molar-refractivity contribution in [3.63, 3.8) is 0 Å². The highest BCUT2D eigenvalue weighted by molar-refractivity contribution is 5.94. The molecule has 26 heavy (non-hydrogen) atoms. The van der Waals surface area contributed by atoms with Gasteiger partial charge in [-0.25, -0.2) is 0 Å². The van der Waals surface area contributed by atoms with Gasteiger partial charge in [0.05, 0.1) is 0 Å². The quantitative estimate of drug-likeness (QED) is 0.838. The van der Waals surface area contributed by atoms with Crippen molar-refractivity contribution in [3.8, 4) is 0 Å². The molecule has 3 rings (SSSR count). The predicted molar refractivity (Wildman–Crippen MR) is 105 cm³/mol. The molecule has 0 atom stereocenters. The van der Waals surface area contributed by atoms with Gasteiger partial charge in [0.1, 0.15) is 0 Å². The van der Waals surface area contributed by atoms with E-state index in [4.69, 9.17) is 5.73 Å². The van der Waals surface area contributed by atoms with E-state index in [-0.39, 0.29) is 24.2 Å². The van der Waals surface area contributed by atoms with Gasteiger partial charge < -0.3 is 15.5 Å². The fraction of sp³-hybridized carbons (Fsp3) is 0.300.